The number of nitrogens with zero attached hydrogens (tertiary/aromatic N) is 2. The molecule has 0 spiro atoms. The minimum atomic E-state index is -3.41. The van der Waals surface area contributed by atoms with E-state index in [1.54, 1.807) is 22.6 Å². The highest BCUT2D eigenvalue weighted by Crippen LogP contribution is 2.20. The Morgan fingerprint density at radius 2 is 2.17 bits per heavy atom. The first kappa shape index (κ1) is 15.4. The molecule has 0 aliphatic carbocycles. The highest BCUT2D eigenvalue weighted by atomic mass is 35.5. The van der Waals surface area contributed by atoms with E-state index in [1.165, 1.54) is 6.20 Å². The van der Waals surface area contributed by atoms with Crippen molar-refractivity contribution in [2.45, 2.75) is 30.8 Å². The molecule has 1 aliphatic heterocycles. The number of halogens is 1. The molecular weight excluding hydrogens is 274 g/mol. The largest absolute Gasteiger partial charge is 0.311 e. The molecule has 2 heterocycles. The first-order valence-electron chi connectivity index (χ1n) is 5.69. The van der Waals surface area contributed by atoms with Gasteiger partial charge in [-0.3, -0.25) is 4.98 Å². The molecule has 0 radical (unpaired) electrons. The third-order valence-electron chi connectivity index (χ3n) is 3.22. The lowest BCUT2D eigenvalue weighted by atomic mass is 10.1. The molecule has 0 saturated carbocycles. The van der Waals surface area contributed by atoms with Crippen molar-refractivity contribution in [2.75, 3.05) is 13.1 Å². The number of rotatable bonds is 2. The van der Waals surface area contributed by atoms with Crippen LogP contribution >= 0.6 is 12.4 Å². The van der Waals surface area contributed by atoms with Crippen LogP contribution in [-0.4, -0.2) is 42.9 Å². The Kier molecular flexibility index (Phi) is 5.10. The lowest BCUT2D eigenvalue weighted by Crippen LogP contribution is -2.57. The van der Waals surface area contributed by atoms with Crippen LogP contribution in [0.15, 0.2) is 29.4 Å². The molecule has 0 amide bonds. The van der Waals surface area contributed by atoms with Crippen molar-refractivity contribution >= 4 is 22.4 Å². The Hall–Kier alpha value is -0.690. The van der Waals surface area contributed by atoms with E-state index in [1.807, 2.05) is 13.8 Å². The Labute approximate surface area is 114 Å². The first-order chi connectivity index (χ1) is 8.03. The van der Waals surface area contributed by atoms with Gasteiger partial charge < -0.3 is 5.32 Å². The van der Waals surface area contributed by atoms with E-state index in [4.69, 9.17) is 0 Å². The van der Waals surface area contributed by atoms with Crippen LogP contribution in [0, 0.1) is 0 Å². The maximum atomic E-state index is 12.4. The Balaban J connectivity index is 0.00000162. The van der Waals surface area contributed by atoms with E-state index in [2.05, 4.69) is 10.3 Å². The fourth-order valence-corrected chi connectivity index (χ4v) is 3.67. The average molecular weight is 292 g/mol. The summed E-state index contributed by atoms with van der Waals surface area (Å²) < 4.78 is 26.3. The van der Waals surface area contributed by atoms with Gasteiger partial charge in [0.25, 0.3) is 0 Å². The van der Waals surface area contributed by atoms with Crippen molar-refractivity contribution in [1.82, 2.24) is 14.6 Å². The molecule has 2 atom stereocenters. The van der Waals surface area contributed by atoms with Crippen molar-refractivity contribution in [3.8, 4) is 0 Å². The second kappa shape index (κ2) is 5.97. The molecule has 1 aromatic heterocycles. The lowest BCUT2D eigenvalue weighted by molar-refractivity contribution is 0.233. The third-order valence-corrected chi connectivity index (χ3v) is 5.19. The Morgan fingerprint density at radius 3 is 2.78 bits per heavy atom. The van der Waals surface area contributed by atoms with Crippen LogP contribution in [0.3, 0.4) is 0 Å². The topological polar surface area (TPSA) is 62.3 Å². The van der Waals surface area contributed by atoms with Crippen LogP contribution in [0.5, 0.6) is 0 Å². The standard InChI is InChI=1S/C11H17N3O2S.ClH/c1-9-10(2)14(7-6-13-9)17(15,16)11-4-3-5-12-8-11;/h3-5,8-10,13H,6-7H2,1-2H3;1H. The average Bonchev–Trinajstić information content (AvgIpc) is 2.33. The summed E-state index contributed by atoms with van der Waals surface area (Å²) in [6, 6.07) is 3.34. The molecule has 1 fully saturated rings. The Morgan fingerprint density at radius 1 is 1.44 bits per heavy atom. The fourth-order valence-electron chi connectivity index (χ4n) is 2.00. The lowest BCUT2D eigenvalue weighted by Gasteiger charge is -2.37. The van der Waals surface area contributed by atoms with E-state index in [0.29, 0.717) is 13.1 Å². The Bertz CT molecular complexity index is 480. The van der Waals surface area contributed by atoms with Crippen LogP contribution in [0.4, 0.5) is 0 Å². The maximum Gasteiger partial charge on any atom is 0.244 e. The predicted octanol–water partition coefficient (Wildman–Crippen LogP) is 0.874. The molecule has 1 aromatic rings. The van der Waals surface area contributed by atoms with E-state index in [-0.39, 0.29) is 29.4 Å². The summed E-state index contributed by atoms with van der Waals surface area (Å²) in [6.45, 7) is 5.11. The number of sulfonamides is 1. The summed E-state index contributed by atoms with van der Waals surface area (Å²) in [7, 11) is -3.41. The molecule has 0 aromatic carbocycles. The maximum absolute atomic E-state index is 12.4. The zero-order chi connectivity index (χ0) is 12.5. The number of aromatic nitrogens is 1. The number of hydrogen-bond acceptors (Lipinski definition) is 4. The highest BCUT2D eigenvalue weighted by Gasteiger charge is 2.34. The molecule has 2 unspecified atom stereocenters. The summed E-state index contributed by atoms with van der Waals surface area (Å²) >= 11 is 0. The summed E-state index contributed by atoms with van der Waals surface area (Å²) in [5.41, 5.74) is 0. The van der Waals surface area contributed by atoms with Gasteiger partial charge in [0.15, 0.2) is 0 Å². The van der Waals surface area contributed by atoms with Crippen molar-refractivity contribution in [2.24, 2.45) is 0 Å². The van der Waals surface area contributed by atoms with Gasteiger partial charge >= 0.3 is 0 Å². The van der Waals surface area contributed by atoms with Crippen LogP contribution in [-0.2, 0) is 10.0 Å². The summed E-state index contributed by atoms with van der Waals surface area (Å²) in [4.78, 5) is 4.13. The van der Waals surface area contributed by atoms with Crippen molar-refractivity contribution in [3.63, 3.8) is 0 Å². The number of pyridine rings is 1. The van der Waals surface area contributed by atoms with Crippen LogP contribution in [0.1, 0.15) is 13.8 Å². The van der Waals surface area contributed by atoms with Crippen LogP contribution in [0.25, 0.3) is 0 Å². The SMILES string of the molecule is CC1NCCN(S(=O)(=O)c2cccnc2)C1C.Cl. The van der Waals surface area contributed by atoms with Crippen molar-refractivity contribution in [1.29, 1.82) is 0 Å². The smallest absolute Gasteiger partial charge is 0.244 e. The van der Waals surface area contributed by atoms with Crippen molar-refractivity contribution in [3.05, 3.63) is 24.5 Å². The first-order valence-corrected chi connectivity index (χ1v) is 7.13. The molecule has 102 valence electrons. The monoisotopic (exact) mass is 291 g/mol. The molecule has 1 saturated heterocycles. The second-order valence-corrected chi connectivity index (χ2v) is 6.18. The van der Waals surface area contributed by atoms with Gasteiger partial charge in [0, 0.05) is 37.6 Å². The number of piperazine rings is 1. The highest BCUT2D eigenvalue weighted by molar-refractivity contribution is 7.89. The molecule has 7 heteroatoms. The third kappa shape index (κ3) is 2.83. The molecule has 0 bridgehead atoms. The minimum Gasteiger partial charge on any atom is -0.311 e. The van der Waals surface area contributed by atoms with Gasteiger partial charge in [0.1, 0.15) is 4.90 Å². The molecular formula is C11H18ClN3O2S. The van der Waals surface area contributed by atoms with Gasteiger partial charge in [-0.25, -0.2) is 8.42 Å². The number of nitrogens with one attached hydrogen (secondary N) is 1. The molecule has 1 N–H and O–H groups in total. The van der Waals surface area contributed by atoms with Gasteiger partial charge in [-0.2, -0.15) is 4.31 Å². The quantitative estimate of drug-likeness (QED) is 0.878. The van der Waals surface area contributed by atoms with Crippen LogP contribution in [0.2, 0.25) is 0 Å². The van der Waals surface area contributed by atoms with Crippen molar-refractivity contribution < 1.29 is 8.42 Å². The van der Waals surface area contributed by atoms with E-state index in [9.17, 15) is 8.42 Å². The molecule has 2 rings (SSSR count). The van der Waals surface area contributed by atoms with Gasteiger partial charge in [0.05, 0.1) is 0 Å². The van der Waals surface area contributed by atoms with Gasteiger partial charge in [-0.15, -0.1) is 12.4 Å². The molecule has 1 aliphatic rings. The predicted molar refractivity (Wildman–Crippen MR) is 72.3 cm³/mol. The van der Waals surface area contributed by atoms with Gasteiger partial charge in [-0.1, -0.05) is 0 Å². The van der Waals surface area contributed by atoms with Crippen LogP contribution < -0.4 is 5.32 Å². The van der Waals surface area contributed by atoms with E-state index in [0.717, 1.165) is 0 Å². The second-order valence-electron chi connectivity index (χ2n) is 4.29. The summed E-state index contributed by atoms with van der Waals surface area (Å²) in [6.07, 6.45) is 2.97. The molecule has 5 nitrogen and oxygen atoms in total. The normalized spacial score (nSPS) is 25.4. The van der Waals surface area contributed by atoms with Gasteiger partial charge in [-0.05, 0) is 26.0 Å². The van der Waals surface area contributed by atoms with E-state index < -0.39 is 10.0 Å². The molecule has 18 heavy (non-hydrogen) atoms. The zero-order valence-corrected chi connectivity index (χ0v) is 12.0. The fraction of sp³-hybridized carbons (Fsp3) is 0.545. The summed E-state index contributed by atoms with van der Waals surface area (Å²) in [5.74, 6) is 0. The number of hydrogen-bond donors (Lipinski definition) is 1. The minimum absolute atomic E-state index is 0. The summed E-state index contributed by atoms with van der Waals surface area (Å²) in [5, 5.41) is 3.26. The van der Waals surface area contributed by atoms with Gasteiger partial charge in [0.2, 0.25) is 10.0 Å². The van der Waals surface area contributed by atoms with E-state index >= 15 is 0 Å². The zero-order valence-electron chi connectivity index (χ0n) is 10.4.